The van der Waals surface area contributed by atoms with E-state index in [1.807, 2.05) is 24.3 Å². The molecule has 0 radical (unpaired) electrons. The van der Waals surface area contributed by atoms with Gasteiger partial charge in [0.15, 0.2) is 0 Å². The Bertz CT molecular complexity index is 1300. The smallest absolute Gasteiger partial charge is 0.356 e. The van der Waals surface area contributed by atoms with E-state index >= 15 is 0 Å². The van der Waals surface area contributed by atoms with Gasteiger partial charge in [0, 0.05) is 65.9 Å². The first-order chi connectivity index (χ1) is 23.1. The Labute approximate surface area is 315 Å². The number of nitrogens with zero attached hydrogens (tertiary/aromatic N) is 2. The van der Waals surface area contributed by atoms with Crippen LogP contribution in [0.3, 0.4) is 0 Å². The van der Waals surface area contributed by atoms with Crippen LogP contribution in [0.25, 0.3) is 0 Å². The molecule has 12 saturated carbocycles. The van der Waals surface area contributed by atoms with Crippen LogP contribution in [0, 0.1) is 43.8 Å². The van der Waals surface area contributed by atoms with Gasteiger partial charge in [0.25, 0.3) is 0 Å². The molecule has 2 N–H and O–H groups in total. The number of nitrogens with one attached hydrogen (secondary N) is 2. The van der Waals surface area contributed by atoms with Gasteiger partial charge in [0.1, 0.15) is 0 Å². The fraction of sp³-hybridized carbons (Fsp3) is 0.900. The Balaban J connectivity index is 0.000000154. The van der Waals surface area contributed by atoms with Crippen LogP contribution < -0.4 is 10.6 Å². The summed E-state index contributed by atoms with van der Waals surface area (Å²) in [6.07, 6.45) is 9.58. The second-order valence-electron chi connectivity index (χ2n) is 20.4. The molecule has 12 rings (SSSR count). The molecule has 4 amide bonds. The molecule has 0 aliphatic heterocycles. The number of amides is 4. The lowest BCUT2D eigenvalue weighted by Gasteiger charge is -2.76. The van der Waals surface area contributed by atoms with E-state index in [0.29, 0.717) is 32.5 Å². The van der Waals surface area contributed by atoms with E-state index in [2.05, 4.69) is 33.0 Å². The Morgan fingerprint density at radius 3 is 1.38 bits per heavy atom. The molecule has 52 heavy (non-hydrogen) atoms. The van der Waals surface area contributed by atoms with E-state index in [-0.39, 0.29) is 42.0 Å². The topological polar surface area (TPSA) is 98.8 Å². The molecule has 0 aromatic rings. The zero-order chi connectivity index (χ0) is 38.3. The number of carbonyl (C=O) groups excluding carboxylic acids is 4. The second-order valence-corrected chi connectivity index (χ2v) is 21.2. The maximum absolute atomic E-state index is 11.7. The van der Waals surface area contributed by atoms with Crippen molar-refractivity contribution in [2.75, 3.05) is 40.3 Å². The summed E-state index contributed by atoms with van der Waals surface area (Å²) in [5.41, 5.74) is 3.18. The molecular formula is C40H66ClF3N4O4. The second kappa shape index (κ2) is 13.6. The van der Waals surface area contributed by atoms with Gasteiger partial charge in [-0.15, -0.1) is 11.6 Å². The minimum atomic E-state index is -4.73. The third-order valence-electron chi connectivity index (χ3n) is 14.2. The number of hydrogen-bond donors (Lipinski definition) is 2. The van der Waals surface area contributed by atoms with E-state index in [1.165, 1.54) is 38.5 Å². The lowest BCUT2D eigenvalue weighted by molar-refractivity contribution is -0.255. The van der Waals surface area contributed by atoms with Crippen molar-refractivity contribution in [2.45, 2.75) is 144 Å². The van der Waals surface area contributed by atoms with E-state index in [1.54, 1.807) is 25.7 Å². The van der Waals surface area contributed by atoms with Gasteiger partial charge >= 0.3 is 12.1 Å². The van der Waals surface area contributed by atoms with Gasteiger partial charge in [0.2, 0.25) is 17.7 Å². The minimum Gasteiger partial charge on any atom is -0.356 e. The van der Waals surface area contributed by atoms with Crippen LogP contribution in [-0.2, 0) is 19.2 Å². The number of carbonyl (C=O) groups is 4. The van der Waals surface area contributed by atoms with E-state index < -0.39 is 12.1 Å². The van der Waals surface area contributed by atoms with Crippen LogP contribution >= 0.6 is 11.6 Å². The Morgan fingerprint density at radius 1 is 0.692 bits per heavy atom. The van der Waals surface area contributed by atoms with E-state index in [9.17, 15) is 32.3 Å². The highest BCUT2D eigenvalue weighted by Gasteiger charge is 2.71. The molecule has 12 fully saturated rings. The van der Waals surface area contributed by atoms with Gasteiger partial charge < -0.3 is 20.4 Å². The molecule has 0 aromatic carbocycles. The highest BCUT2D eigenvalue weighted by atomic mass is 35.5. The fourth-order valence-electron chi connectivity index (χ4n) is 11.5. The summed E-state index contributed by atoms with van der Waals surface area (Å²) < 4.78 is 35.2. The summed E-state index contributed by atoms with van der Waals surface area (Å²) in [7, 11) is 3.77. The predicted octanol–water partition coefficient (Wildman–Crippen LogP) is 7.72. The van der Waals surface area contributed by atoms with Gasteiger partial charge in [-0.25, -0.2) is 0 Å². The van der Waals surface area contributed by atoms with Crippen LogP contribution in [0.1, 0.15) is 133 Å². The molecule has 0 saturated heterocycles. The first-order valence-electron chi connectivity index (χ1n) is 18.8. The Morgan fingerprint density at radius 2 is 1.10 bits per heavy atom. The monoisotopic (exact) mass is 758 g/mol. The molecule has 0 spiro atoms. The van der Waals surface area contributed by atoms with E-state index in [4.69, 9.17) is 11.6 Å². The number of hydrogen-bond acceptors (Lipinski definition) is 4. The zero-order valence-corrected chi connectivity index (χ0v) is 33.2. The van der Waals surface area contributed by atoms with Crippen LogP contribution in [0.15, 0.2) is 0 Å². The largest absolute Gasteiger partial charge is 0.471 e. The van der Waals surface area contributed by atoms with Crippen LogP contribution in [0.2, 0.25) is 0 Å². The van der Waals surface area contributed by atoms with Gasteiger partial charge in [-0.2, -0.15) is 13.2 Å². The summed E-state index contributed by atoms with van der Waals surface area (Å²) in [6.45, 7) is 17.2. The zero-order valence-electron chi connectivity index (χ0n) is 32.4. The third-order valence-corrected chi connectivity index (χ3v) is 14.6. The maximum Gasteiger partial charge on any atom is 0.471 e. The van der Waals surface area contributed by atoms with Crippen LogP contribution in [0.5, 0.6) is 0 Å². The van der Waals surface area contributed by atoms with Crippen molar-refractivity contribution in [2.24, 2.45) is 43.8 Å². The van der Waals surface area contributed by atoms with Gasteiger partial charge in [-0.05, 0) is 121 Å². The number of rotatable bonds is 8. The van der Waals surface area contributed by atoms with Gasteiger partial charge in [-0.3, -0.25) is 19.2 Å². The number of halogens is 4. The molecule has 0 heterocycles. The van der Waals surface area contributed by atoms with Crippen molar-refractivity contribution in [1.29, 1.82) is 0 Å². The SMILES string of the molecule is C.CC(=O)N(C)CC12CC(C)(C1)C2.CC(=O)N(C)CC12CC(Cl)(C1)C2.CC(=O)NCC12CC(C(C)(C)C)(C1)C2.O=C(NCC12CC(C1)C2)C(F)(F)F. The first kappa shape index (κ1) is 42.7. The van der Waals surface area contributed by atoms with Crippen molar-refractivity contribution in [3.05, 3.63) is 0 Å². The highest BCUT2D eigenvalue weighted by Crippen LogP contribution is 2.79. The van der Waals surface area contributed by atoms with Crippen molar-refractivity contribution in [1.82, 2.24) is 20.4 Å². The Kier molecular flexibility index (Phi) is 11.2. The Hall–Kier alpha value is -2.04. The molecular weight excluding hydrogens is 693 g/mol. The summed E-state index contributed by atoms with van der Waals surface area (Å²) >= 11 is 6.12. The standard InChI is InChI=1S/C12H21NO.C10H17NO.C9H14ClNO.C8H10F3NO.CH4/c1-9(14)13-8-11-5-12(6-11,7-11)10(2,3)4;1-8(12)11(3)7-10-4-9(2,5-10)6-10;1-7(12)11(2)6-8-3-9(10,4-8)5-8;9-8(10,11)6(13)12-4-7-1-5(2-7)3-7;/h5-8H2,1-4H3,(H,13,14);4-7H2,1-3H3;3-6H2,1-2H3;5H,1-4H2,(H,12,13);1H4. The van der Waals surface area contributed by atoms with Gasteiger partial charge in [0.05, 0.1) is 0 Å². The van der Waals surface area contributed by atoms with Crippen molar-refractivity contribution in [3.8, 4) is 0 Å². The molecule has 0 unspecified atom stereocenters. The highest BCUT2D eigenvalue weighted by molar-refractivity contribution is 6.26. The molecule has 8 bridgehead atoms. The average molecular weight is 759 g/mol. The van der Waals surface area contributed by atoms with Crippen LogP contribution in [0.4, 0.5) is 13.2 Å². The fourth-order valence-corrected chi connectivity index (χ4v) is 12.4. The summed E-state index contributed by atoms with van der Waals surface area (Å²) in [4.78, 5) is 47.0. The molecule has 12 aliphatic carbocycles. The number of alkyl halides is 4. The normalized spacial score (nSPS) is 39.5. The average Bonchev–Trinajstić information content (AvgIpc) is 2.81. The summed E-state index contributed by atoms with van der Waals surface area (Å²) in [5.74, 6) is -0.618. The quantitative estimate of drug-likeness (QED) is 0.248. The summed E-state index contributed by atoms with van der Waals surface area (Å²) in [6, 6.07) is 0. The minimum absolute atomic E-state index is 0. The lowest BCUT2D eigenvalue weighted by Crippen LogP contribution is -2.69. The lowest BCUT2D eigenvalue weighted by atomic mass is 9.29. The van der Waals surface area contributed by atoms with Crippen molar-refractivity contribution >= 4 is 35.2 Å². The third kappa shape index (κ3) is 8.44. The molecule has 0 aromatic heterocycles. The molecule has 12 heteroatoms. The van der Waals surface area contributed by atoms with Crippen molar-refractivity contribution < 1.29 is 32.3 Å². The van der Waals surface area contributed by atoms with Crippen molar-refractivity contribution in [3.63, 3.8) is 0 Å². The maximum atomic E-state index is 11.7. The van der Waals surface area contributed by atoms with Crippen LogP contribution in [-0.4, -0.2) is 84.8 Å². The predicted molar refractivity (Wildman–Crippen MR) is 198 cm³/mol. The summed E-state index contributed by atoms with van der Waals surface area (Å²) in [5, 5.41) is 4.89. The molecule has 298 valence electrons. The van der Waals surface area contributed by atoms with Gasteiger partial charge in [-0.1, -0.05) is 35.1 Å². The molecule has 8 nitrogen and oxygen atoms in total. The molecule has 0 atom stereocenters. The molecule has 12 aliphatic rings. The van der Waals surface area contributed by atoms with E-state index in [0.717, 1.165) is 64.1 Å². The first-order valence-corrected chi connectivity index (χ1v) is 19.2.